The molecule has 0 amide bonds. The van der Waals surface area contributed by atoms with E-state index in [4.69, 9.17) is 5.26 Å². The minimum absolute atomic E-state index is 0.605. The van der Waals surface area contributed by atoms with E-state index in [2.05, 4.69) is 36.2 Å². The minimum atomic E-state index is -1.51. The Morgan fingerprint density at radius 2 is 1.88 bits per heavy atom. The molecule has 0 fully saturated rings. The van der Waals surface area contributed by atoms with Crippen molar-refractivity contribution < 1.29 is 0 Å². The first-order chi connectivity index (χ1) is 7.51. The summed E-state index contributed by atoms with van der Waals surface area (Å²) in [6, 6.07) is 12.1. The molecule has 0 aliphatic heterocycles. The van der Waals surface area contributed by atoms with Crippen molar-refractivity contribution in [1.82, 2.24) is 0 Å². The predicted octanol–water partition coefficient (Wildman–Crippen LogP) is 3.18. The predicted molar refractivity (Wildman–Crippen MR) is 70.1 cm³/mol. The number of allylic oxidation sites excluding steroid dienone is 1. The van der Waals surface area contributed by atoms with Gasteiger partial charge in [-0.3, -0.25) is 4.66 Å². The zero-order valence-corrected chi connectivity index (χ0v) is 11.0. The molecule has 0 saturated heterocycles. The molecule has 0 unspecified atom stereocenters. The molecule has 16 heavy (non-hydrogen) atoms. The molecule has 82 valence electrons. The quantitative estimate of drug-likeness (QED) is 0.444. The van der Waals surface area contributed by atoms with E-state index in [1.54, 1.807) is 0 Å². The Morgan fingerprint density at radius 1 is 1.25 bits per heavy atom. The molecular weight excluding hydrogens is 212 g/mol. The van der Waals surface area contributed by atoms with Gasteiger partial charge in [-0.05, 0) is 31.1 Å². The van der Waals surface area contributed by atoms with Crippen LogP contribution in [-0.4, -0.2) is 14.1 Å². The first-order valence-electron chi connectivity index (χ1n) is 5.29. The van der Waals surface area contributed by atoms with Crippen molar-refractivity contribution >= 4 is 14.1 Å². The highest BCUT2D eigenvalue weighted by atomic mass is 28.3. The van der Waals surface area contributed by atoms with Gasteiger partial charge in [0.05, 0.1) is 5.57 Å². The van der Waals surface area contributed by atoms with Gasteiger partial charge in [0, 0.05) is 6.42 Å². The van der Waals surface area contributed by atoms with Gasteiger partial charge in [0.15, 0.2) is 8.24 Å². The smallest absolute Gasteiger partial charge is 0.184 e. The molecule has 2 nitrogen and oxygen atoms in total. The number of nitriles is 1. The number of rotatable bonds is 3. The summed E-state index contributed by atoms with van der Waals surface area (Å²) in [6.45, 7) is 6.37. The maximum Gasteiger partial charge on any atom is 0.184 e. The Labute approximate surface area is 98.0 Å². The van der Waals surface area contributed by atoms with E-state index in [1.165, 1.54) is 0 Å². The molecule has 0 atom stereocenters. The van der Waals surface area contributed by atoms with Gasteiger partial charge < -0.3 is 0 Å². The maximum absolute atomic E-state index is 8.99. The lowest BCUT2D eigenvalue weighted by atomic mass is 10.1. The van der Waals surface area contributed by atoms with Crippen LogP contribution in [0.4, 0.5) is 0 Å². The fourth-order valence-corrected chi connectivity index (χ4v) is 1.61. The van der Waals surface area contributed by atoms with Crippen LogP contribution in [0.2, 0.25) is 19.6 Å². The van der Waals surface area contributed by atoms with Gasteiger partial charge in [-0.25, -0.2) is 0 Å². The molecule has 0 aliphatic carbocycles. The summed E-state index contributed by atoms with van der Waals surface area (Å²) < 4.78 is 4.35. The standard InChI is InChI=1S/C13H16N2Si/c1-16(2,3)15-11-13(10-14)9-12-7-5-4-6-8-12/h4-8H,9H2,1-3H3. The van der Waals surface area contributed by atoms with Crippen molar-refractivity contribution in [3.05, 3.63) is 41.5 Å². The molecule has 3 heteroatoms. The first kappa shape index (κ1) is 12.4. The average molecular weight is 228 g/mol. The van der Waals surface area contributed by atoms with Crippen LogP contribution < -0.4 is 0 Å². The van der Waals surface area contributed by atoms with Crippen molar-refractivity contribution in [2.24, 2.45) is 4.66 Å². The zero-order valence-electron chi connectivity index (χ0n) is 9.99. The summed E-state index contributed by atoms with van der Waals surface area (Å²) in [7, 11) is -1.51. The van der Waals surface area contributed by atoms with E-state index in [1.807, 2.05) is 30.3 Å². The van der Waals surface area contributed by atoms with Crippen LogP contribution in [-0.2, 0) is 6.42 Å². The summed E-state index contributed by atoms with van der Waals surface area (Å²) >= 11 is 0. The van der Waals surface area contributed by atoms with Gasteiger partial charge in [0.1, 0.15) is 6.07 Å². The normalized spacial score (nSPS) is 10.1. The lowest BCUT2D eigenvalue weighted by Gasteiger charge is -2.04. The largest absolute Gasteiger partial charge is 0.283 e. The molecule has 0 saturated carbocycles. The van der Waals surface area contributed by atoms with Gasteiger partial charge >= 0.3 is 0 Å². The summed E-state index contributed by atoms with van der Waals surface area (Å²) in [5.41, 5.74) is 1.73. The maximum atomic E-state index is 8.99. The lowest BCUT2D eigenvalue weighted by molar-refractivity contribution is 1.22. The Hall–Kier alpha value is -1.62. The van der Waals surface area contributed by atoms with Crippen LogP contribution in [0, 0.1) is 11.3 Å². The number of hydrogen-bond acceptors (Lipinski definition) is 2. The fourth-order valence-electron chi connectivity index (χ4n) is 1.14. The number of nitrogens with zero attached hydrogens (tertiary/aromatic N) is 2. The Morgan fingerprint density at radius 3 is 2.38 bits per heavy atom. The molecule has 0 radical (unpaired) electrons. The molecule has 0 heterocycles. The van der Waals surface area contributed by atoms with Crippen molar-refractivity contribution in [2.45, 2.75) is 26.1 Å². The fraction of sp³-hybridized carbons (Fsp3) is 0.308. The van der Waals surface area contributed by atoms with E-state index >= 15 is 0 Å². The summed E-state index contributed by atoms with van der Waals surface area (Å²) in [5, 5.41) is 8.99. The van der Waals surface area contributed by atoms with Gasteiger partial charge in [-0.1, -0.05) is 30.3 Å². The molecule has 0 bridgehead atoms. The zero-order chi connectivity index (χ0) is 12.0. The molecular formula is C13H16N2Si. The average Bonchev–Trinajstić information content (AvgIpc) is 2.24. The second-order valence-corrected chi connectivity index (χ2v) is 9.21. The molecule has 0 N–H and O–H groups in total. The number of benzene rings is 1. The molecule has 1 rings (SSSR count). The number of hydrogen-bond donors (Lipinski definition) is 0. The summed E-state index contributed by atoms with van der Waals surface area (Å²) in [5.74, 6) is 2.90. The van der Waals surface area contributed by atoms with Crippen LogP contribution in [0.25, 0.3) is 0 Å². The van der Waals surface area contributed by atoms with Crippen LogP contribution in [0.3, 0.4) is 0 Å². The Bertz CT molecular complexity index is 443. The Kier molecular flexibility index (Phi) is 4.25. The van der Waals surface area contributed by atoms with Crippen molar-refractivity contribution in [1.29, 1.82) is 5.26 Å². The second-order valence-electron chi connectivity index (χ2n) is 4.65. The molecule has 0 aromatic heterocycles. The van der Waals surface area contributed by atoms with Crippen molar-refractivity contribution in [2.75, 3.05) is 0 Å². The van der Waals surface area contributed by atoms with Crippen LogP contribution in [0.5, 0.6) is 0 Å². The molecule has 0 aliphatic rings. The van der Waals surface area contributed by atoms with Gasteiger partial charge in [0.2, 0.25) is 0 Å². The van der Waals surface area contributed by atoms with E-state index < -0.39 is 8.24 Å². The van der Waals surface area contributed by atoms with Crippen LogP contribution in [0.1, 0.15) is 5.56 Å². The third kappa shape index (κ3) is 4.74. The van der Waals surface area contributed by atoms with E-state index in [9.17, 15) is 0 Å². The monoisotopic (exact) mass is 228 g/mol. The summed E-state index contributed by atoms with van der Waals surface area (Å²) in [4.78, 5) is 0. The summed E-state index contributed by atoms with van der Waals surface area (Å²) in [6.07, 6.45) is 0.616. The lowest BCUT2D eigenvalue weighted by Crippen LogP contribution is -2.15. The van der Waals surface area contributed by atoms with Crippen LogP contribution in [0.15, 0.2) is 40.6 Å². The van der Waals surface area contributed by atoms with Gasteiger partial charge in [-0.2, -0.15) is 5.26 Å². The van der Waals surface area contributed by atoms with Gasteiger partial charge in [-0.15, -0.1) is 0 Å². The molecule has 1 aromatic rings. The van der Waals surface area contributed by atoms with Crippen LogP contribution >= 0.6 is 0 Å². The Balaban J connectivity index is 2.87. The highest BCUT2D eigenvalue weighted by Crippen LogP contribution is 2.05. The van der Waals surface area contributed by atoms with E-state index in [0.29, 0.717) is 12.0 Å². The van der Waals surface area contributed by atoms with E-state index in [0.717, 1.165) is 5.56 Å². The second kappa shape index (κ2) is 5.46. The third-order valence-electron chi connectivity index (χ3n) is 1.88. The van der Waals surface area contributed by atoms with Gasteiger partial charge in [0.25, 0.3) is 0 Å². The SMILES string of the molecule is C[Si](C)(C)N=C=C(C#N)Cc1ccccc1. The van der Waals surface area contributed by atoms with E-state index in [-0.39, 0.29) is 0 Å². The van der Waals surface area contributed by atoms with Crippen molar-refractivity contribution in [3.8, 4) is 6.07 Å². The molecule has 0 spiro atoms. The third-order valence-corrected chi connectivity index (χ3v) is 2.67. The topological polar surface area (TPSA) is 36.1 Å². The minimum Gasteiger partial charge on any atom is -0.283 e. The molecule has 1 aromatic carbocycles. The van der Waals surface area contributed by atoms with Crippen molar-refractivity contribution in [3.63, 3.8) is 0 Å². The first-order valence-corrected chi connectivity index (χ1v) is 8.74. The highest BCUT2D eigenvalue weighted by molar-refractivity contribution is 6.75. The highest BCUT2D eigenvalue weighted by Gasteiger charge is 2.09.